The number of nitrogens with zero attached hydrogens (tertiary/aromatic N) is 1. The number of nitrogens with one attached hydrogen (secondary N) is 1. The van der Waals surface area contributed by atoms with E-state index in [1.165, 1.54) is 36.8 Å². The third kappa shape index (κ3) is 5.16. The highest BCUT2D eigenvalue weighted by Gasteiger charge is 2.21. The molecule has 0 saturated carbocycles. The van der Waals surface area contributed by atoms with Gasteiger partial charge in [-0.3, -0.25) is 9.69 Å². The minimum atomic E-state index is 0.000564. The van der Waals surface area contributed by atoms with Gasteiger partial charge >= 0.3 is 0 Å². The highest BCUT2D eigenvalue weighted by atomic mass is 16.2. The van der Waals surface area contributed by atoms with Crippen molar-refractivity contribution in [2.24, 2.45) is 0 Å². The Morgan fingerprint density at radius 2 is 1.95 bits per heavy atom. The molecule has 1 aliphatic heterocycles. The molecule has 1 heterocycles. The number of benzene rings is 1. The SMILES string of the molecule is Cc1cccc(CCNC(=O)C(C)N2CCCCCC2)c1. The van der Waals surface area contributed by atoms with Gasteiger partial charge in [0.1, 0.15) is 0 Å². The lowest BCUT2D eigenvalue weighted by Crippen LogP contribution is -2.46. The normalized spacial score (nSPS) is 18.0. The maximum atomic E-state index is 12.3. The van der Waals surface area contributed by atoms with E-state index in [0.29, 0.717) is 0 Å². The van der Waals surface area contributed by atoms with E-state index in [0.717, 1.165) is 26.1 Å². The monoisotopic (exact) mass is 288 g/mol. The second-order valence-corrected chi connectivity index (χ2v) is 6.16. The zero-order valence-corrected chi connectivity index (χ0v) is 13.4. The average Bonchev–Trinajstić information content (AvgIpc) is 2.75. The molecule has 1 saturated heterocycles. The summed E-state index contributed by atoms with van der Waals surface area (Å²) >= 11 is 0. The van der Waals surface area contributed by atoms with E-state index >= 15 is 0 Å². The van der Waals surface area contributed by atoms with E-state index in [9.17, 15) is 4.79 Å². The molecule has 1 N–H and O–H groups in total. The van der Waals surface area contributed by atoms with Crippen molar-refractivity contribution in [3.8, 4) is 0 Å². The first-order valence-electron chi connectivity index (χ1n) is 8.24. The summed E-state index contributed by atoms with van der Waals surface area (Å²) in [6, 6.07) is 8.48. The maximum Gasteiger partial charge on any atom is 0.237 e. The smallest absolute Gasteiger partial charge is 0.237 e. The molecule has 1 unspecified atom stereocenters. The number of carbonyl (C=O) groups excluding carboxylic acids is 1. The van der Waals surface area contributed by atoms with Crippen LogP contribution >= 0.6 is 0 Å². The Morgan fingerprint density at radius 1 is 1.24 bits per heavy atom. The first-order chi connectivity index (χ1) is 10.2. The molecule has 1 aliphatic rings. The van der Waals surface area contributed by atoms with E-state index in [1.807, 2.05) is 6.92 Å². The second-order valence-electron chi connectivity index (χ2n) is 6.16. The van der Waals surface area contributed by atoms with Gasteiger partial charge in [-0.2, -0.15) is 0 Å². The van der Waals surface area contributed by atoms with Crippen molar-refractivity contribution < 1.29 is 4.79 Å². The Morgan fingerprint density at radius 3 is 2.62 bits per heavy atom. The van der Waals surface area contributed by atoms with Crippen LogP contribution in [-0.2, 0) is 11.2 Å². The number of carbonyl (C=O) groups is 1. The molecule has 0 bridgehead atoms. The number of rotatable bonds is 5. The van der Waals surface area contributed by atoms with Crippen molar-refractivity contribution in [3.05, 3.63) is 35.4 Å². The van der Waals surface area contributed by atoms with Crippen LogP contribution in [0.15, 0.2) is 24.3 Å². The Bertz CT molecular complexity index is 450. The van der Waals surface area contributed by atoms with Crippen molar-refractivity contribution >= 4 is 5.91 Å². The summed E-state index contributed by atoms with van der Waals surface area (Å²) in [5, 5.41) is 3.09. The number of likely N-dealkylation sites (tertiary alicyclic amines) is 1. The highest BCUT2D eigenvalue weighted by molar-refractivity contribution is 5.81. The Balaban J connectivity index is 1.75. The lowest BCUT2D eigenvalue weighted by atomic mass is 10.1. The van der Waals surface area contributed by atoms with Crippen LogP contribution in [0.3, 0.4) is 0 Å². The molecule has 1 fully saturated rings. The molecule has 1 amide bonds. The van der Waals surface area contributed by atoms with Crippen molar-refractivity contribution in [3.63, 3.8) is 0 Å². The van der Waals surface area contributed by atoms with Gasteiger partial charge < -0.3 is 5.32 Å². The summed E-state index contributed by atoms with van der Waals surface area (Å²) in [4.78, 5) is 14.6. The molecule has 0 aliphatic carbocycles. The van der Waals surface area contributed by atoms with E-state index < -0.39 is 0 Å². The molecule has 1 aromatic rings. The molecular formula is C18H28N2O. The van der Waals surface area contributed by atoms with E-state index in [4.69, 9.17) is 0 Å². The topological polar surface area (TPSA) is 32.3 Å². The zero-order valence-electron chi connectivity index (χ0n) is 13.4. The van der Waals surface area contributed by atoms with Crippen molar-refractivity contribution in [1.82, 2.24) is 10.2 Å². The van der Waals surface area contributed by atoms with Crippen LogP contribution in [0.2, 0.25) is 0 Å². The molecule has 0 radical (unpaired) electrons. The fourth-order valence-corrected chi connectivity index (χ4v) is 2.99. The fourth-order valence-electron chi connectivity index (χ4n) is 2.99. The minimum absolute atomic E-state index is 0.000564. The molecule has 0 aromatic heterocycles. The molecule has 1 atom stereocenters. The first-order valence-corrected chi connectivity index (χ1v) is 8.24. The van der Waals surface area contributed by atoms with Gasteiger partial charge in [0.25, 0.3) is 0 Å². The van der Waals surface area contributed by atoms with Crippen LogP contribution in [0.4, 0.5) is 0 Å². The van der Waals surface area contributed by atoms with Crippen LogP contribution in [-0.4, -0.2) is 36.5 Å². The summed E-state index contributed by atoms with van der Waals surface area (Å²) in [5.74, 6) is 0.171. The van der Waals surface area contributed by atoms with Gasteiger partial charge in [0.15, 0.2) is 0 Å². The predicted molar refractivity (Wildman–Crippen MR) is 87.4 cm³/mol. The second kappa shape index (κ2) is 8.18. The Labute approximate surface area is 128 Å². The number of hydrogen-bond donors (Lipinski definition) is 1. The molecule has 3 nitrogen and oxygen atoms in total. The van der Waals surface area contributed by atoms with Crippen LogP contribution in [0.1, 0.15) is 43.7 Å². The van der Waals surface area contributed by atoms with Gasteiger partial charge in [-0.05, 0) is 51.8 Å². The maximum absolute atomic E-state index is 12.3. The van der Waals surface area contributed by atoms with Gasteiger partial charge in [0, 0.05) is 6.54 Å². The van der Waals surface area contributed by atoms with Crippen molar-refractivity contribution in [1.29, 1.82) is 0 Å². The van der Waals surface area contributed by atoms with Gasteiger partial charge in [0.2, 0.25) is 5.91 Å². The lowest BCUT2D eigenvalue weighted by Gasteiger charge is -2.26. The number of aryl methyl sites for hydroxylation is 1. The molecule has 0 spiro atoms. The van der Waals surface area contributed by atoms with E-state index in [2.05, 4.69) is 41.4 Å². The third-order valence-corrected chi connectivity index (χ3v) is 4.36. The summed E-state index contributed by atoms with van der Waals surface area (Å²) in [5.41, 5.74) is 2.56. The van der Waals surface area contributed by atoms with Gasteiger partial charge in [0.05, 0.1) is 6.04 Å². The molecule has 3 heteroatoms. The fraction of sp³-hybridized carbons (Fsp3) is 0.611. The molecular weight excluding hydrogens is 260 g/mol. The van der Waals surface area contributed by atoms with Gasteiger partial charge in [-0.1, -0.05) is 42.7 Å². The standard InChI is InChI=1S/C18H28N2O/c1-15-8-7-9-17(14-15)10-11-19-18(21)16(2)20-12-5-3-4-6-13-20/h7-9,14,16H,3-6,10-13H2,1-2H3,(H,19,21). The Kier molecular flexibility index (Phi) is 6.24. The van der Waals surface area contributed by atoms with Crippen molar-refractivity contribution in [2.45, 2.75) is 52.0 Å². The number of amides is 1. The average molecular weight is 288 g/mol. The minimum Gasteiger partial charge on any atom is -0.354 e. The molecule has 21 heavy (non-hydrogen) atoms. The third-order valence-electron chi connectivity index (χ3n) is 4.36. The van der Waals surface area contributed by atoms with Crippen LogP contribution in [0.5, 0.6) is 0 Å². The molecule has 1 aromatic carbocycles. The molecule has 116 valence electrons. The van der Waals surface area contributed by atoms with Gasteiger partial charge in [-0.15, -0.1) is 0 Å². The van der Waals surface area contributed by atoms with Crippen molar-refractivity contribution in [2.75, 3.05) is 19.6 Å². The number of hydrogen-bond acceptors (Lipinski definition) is 2. The van der Waals surface area contributed by atoms with Crippen LogP contribution in [0.25, 0.3) is 0 Å². The zero-order chi connectivity index (χ0) is 15.1. The summed E-state index contributed by atoms with van der Waals surface area (Å²) < 4.78 is 0. The van der Waals surface area contributed by atoms with E-state index in [-0.39, 0.29) is 11.9 Å². The predicted octanol–water partition coefficient (Wildman–Crippen LogP) is 2.92. The highest BCUT2D eigenvalue weighted by Crippen LogP contribution is 2.12. The van der Waals surface area contributed by atoms with Crippen LogP contribution in [0, 0.1) is 6.92 Å². The lowest BCUT2D eigenvalue weighted by molar-refractivity contribution is -0.125. The largest absolute Gasteiger partial charge is 0.354 e. The van der Waals surface area contributed by atoms with E-state index in [1.54, 1.807) is 0 Å². The summed E-state index contributed by atoms with van der Waals surface area (Å²) in [6.07, 6.45) is 5.96. The van der Waals surface area contributed by atoms with Crippen LogP contribution < -0.4 is 5.32 Å². The summed E-state index contributed by atoms with van der Waals surface area (Å²) in [6.45, 7) is 6.98. The molecule has 2 rings (SSSR count). The Hall–Kier alpha value is -1.35. The van der Waals surface area contributed by atoms with Gasteiger partial charge in [-0.25, -0.2) is 0 Å². The summed E-state index contributed by atoms with van der Waals surface area (Å²) in [7, 11) is 0. The first kappa shape index (κ1) is 16.0. The quantitative estimate of drug-likeness (QED) is 0.903.